The van der Waals surface area contributed by atoms with E-state index in [1.54, 1.807) is 0 Å². The zero-order chi connectivity index (χ0) is 21.1. The SMILES string of the molecule is O=S(=O)(c1cc(Cl)ccc1F)N1CC2=CCCC=C2COCC1Cc1ccccc1. The number of fused-ring (bicyclic) bond motifs is 1. The van der Waals surface area contributed by atoms with Crippen LogP contribution in [-0.2, 0) is 21.2 Å². The van der Waals surface area contributed by atoms with E-state index in [9.17, 15) is 12.8 Å². The van der Waals surface area contributed by atoms with E-state index in [2.05, 4.69) is 12.2 Å². The van der Waals surface area contributed by atoms with Crippen LogP contribution in [0.2, 0.25) is 5.02 Å². The Morgan fingerprint density at radius 2 is 1.80 bits per heavy atom. The summed E-state index contributed by atoms with van der Waals surface area (Å²) >= 11 is 6.00. The van der Waals surface area contributed by atoms with Crippen molar-refractivity contribution in [2.45, 2.75) is 30.2 Å². The van der Waals surface area contributed by atoms with Gasteiger partial charge in [-0.1, -0.05) is 54.1 Å². The van der Waals surface area contributed by atoms with E-state index in [-0.39, 0.29) is 18.2 Å². The second-order valence-electron chi connectivity index (χ2n) is 7.52. The van der Waals surface area contributed by atoms with Gasteiger partial charge in [0.15, 0.2) is 0 Å². The van der Waals surface area contributed by atoms with Crippen LogP contribution in [0.1, 0.15) is 18.4 Å². The summed E-state index contributed by atoms with van der Waals surface area (Å²) < 4.78 is 49.1. The van der Waals surface area contributed by atoms with Gasteiger partial charge in [0.05, 0.1) is 19.3 Å². The second-order valence-corrected chi connectivity index (χ2v) is 9.82. The van der Waals surface area contributed by atoms with Crippen LogP contribution < -0.4 is 0 Å². The Bertz CT molecular complexity index is 1080. The van der Waals surface area contributed by atoms with Crippen molar-refractivity contribution in [1.82, 2.24) is 4.31 Å². The number of ether oxygens (including phenoxy) is 1. The van der Waals surface area contributed by atoms with Gasteiger partial charge in [0.1, 0.15) is 10.7 Å². The van der Waals surface area contributed by atoms with Gasteiger partial charge in [0.2, 0.25) is 10.0 Å². The smallest absolute Gasteiger partial charge is 0.246 e. The largest absolute Gasteiger partial charge is 0.375 e. The maximum Gasteiger partial charge on any atom is 0.246 e. The molecule has 2 aromatic rings. The van der Waals surface area contributed by atoms with Gasteiger partial charge in [0, 0.05) is 11.6 Å². The van der Waals surface area contributed by atoms with Crippen LogP contribution in [0.4, 0.5) is 4.39 Å². The Morgan fingerprint density at radius 3 is 2.57 bits per heavy atom. The first-order valence-corrected chi connectivity index (χ1v) is 11.7. The van der Waals surface area contributed by atoms with Gasteiger partial charge in [0.25, 0.3) is 0 Å². The Morgan fingerprint density at radius 1 is 1.07 bits per heavy atom. The standard InChI is InChI=1S/C23H23ClFNO3S/c24-20-10-11-22(25)23(13-20)30(27,28)26-14-18-8-4-5-9-19(18)15-29-16-21(26)12-17-6-2-1-3-7-17/h1-3,6-11,13,21H,4-5,12,14-16H2. The van der Waals surface area contributed by atoms with Gasteiger partial charge in [-0.3, -0.25) is 0 Å². The third kappa shape index (κ3) is 4.52. The molecule has 1 heterocycles. The third-order valence-electron chi connectivity index (χ3n) is 5.46. The number of halogens is 2. The minimum atomic E-state index is -4.15. The van der Waals surface area contributed by atoms with Crippen molar-refractivity contribution < 1.29 is 17.5 Å². The molecule has 1 fully saturated rings. The number of rotatable bonds is 4. The lowest BCUT2D eigenvalue weighted by molar-refractivity contribution is 0.0983. The van der Waals surface area contributed by atoms with Crippen LogP contribution in [0.25, 0.3) is 0 Å². The molecular weight excluding hydrogens is 425 g/mol. The number of hydrogen-bond donors (Lipinski definition) is 0. The van der Waals surface area contributed by atoms with Gasteiger partial charge in [-0.2, -0.15) is 4.31 Å². The highest BCUT2D eigenvalue weighted by Gasteiger charge is 2.36. The van der Waals surface area contributed by atoms with E-state index in [4.69, 9.17) is 16.3 Å². The average Bonchev–Trinajstić information content (AvgIpc) is 2.73. The number of sulfonamides is 1. The molecule has 1 unspecified atom stereocenters. The highest BCUT2D eigenvalue weighted by Crippen LogP contribution is 2.30. The zero-order valence-electron chi connectivity index (χ0n) is 16.4. The molecule has 4 rings (SSSR count). The molecule has 0 amide bonds. The van der Waals surface area contributed by atoms with Crippen LogP contribution in [0.15, 0.2) is 76.7 Å². The van der Waals surface area contributed by atoms with Gasteiger partial charge < -0.3 is 4.74 Å². The molecule has 158 valence electrons. The monoisotopic (exact) mass is 447 g/mol. The first-order valence-electron chi connectivity index (χ1n) is 9.92. The Balaban J connectivity index is 1.77. The van der Waals surface area contributed by atoms with Gasteiger partial charge in [-0.15, -0.1) is 0 Å². The Kier molecular flexibility index (Phi) is 6.39. The highest BCUT2D eigenvalue weighted by molar-refractivity contribution is 7.89. The molecule has 2 aromatic carbocycles. The topological polar surface area (TPSA) is 46.6 Å². The number of hydrogen-bond acceptors (Lipinski definition) is 3. The summed E-state index contributed by atoms with van der Waals surface area (Å²) in [7, 11) is -4.15. The van der Waals surface area contributed by atoms with Crippen LogP contribution in [0, 0.1) is 5.82 Å². The molecule has 0 aromatic heterocycles. The molecule has 1 aliphatic carbocycles. The van der Waals surface area contributed by atoms with Crippen LogP contribution in [0.5, 0.6) is 0 Å². The summed E-state index contributed by atoms with van der Waals surface area (Å²) in [6.07, 6.45) is 6.37. The fraction of sp³-hybridized carbons (Fsp3) is 0.304. The lowest BCUT2D eigenvalue weighted by Gasteiger charge is -2.35. The Labute approximate surface area is 181 Å². The van der Waals surface area contributed by atoms with Crippen molar-refractivity contribution in [1.29, 1.82) is 0 Å². The zero-order valence-corrected chi connectivity index (χ0v) is 18.0. The summed E-state index contributed by atoms with van der Waals surface area (Å²) in [6.45, 7) is 0.860. The van der Waals surface area contributed by atoms with Crippen LogP contribution in [-0.4, -0.2) is 38.5 Å². The minimum Gasteiger partial charge on any atom is -0.375 e. The summed E-state index contributed by atoms with van der Waals surface area (Å²) in [4.78, 5) is -0.407. The van der Waals surface area contributed by atoms with Crippen molar-refractivity contribution >= 4 is 21.6 Å². The molecule has 1 atom stereocenters. The van der Waals surface area contributed by atoms with Gasteiger partial charge in [-0.25, -0.2) is 12.8 Å². The van der Waals surface area contributed by atoms with Crippen molar-refractivity contribution in [3.63, 3.8) is 0 Å². The highest BCUT2D eigenvalue weighted by atomic mass is 35.5. The fourth-order valence-electron chi connectivity index (χ4n) is 3.91. The van der Waals surface area contributed by atoms with E-state index < -0.39 is 26.8 Å². The summed E-state index contributed by atoms with van der Waals surface area (Å²) in [5.74, 6) is -0.811. The first-order chi connectivity index (χ1) is 14.4. The molecule has 7 heteroatoms. The predicted octanol–water partition coefficient (Wildman–Crippen LogP) is 4.76. The molecule has 0 spiro atoms. The quantitative estimate of drug-likeness (QED) is 0.679. The lowest BCUT2D eigenvalue weighted by Crippen LogP contribution is -2.47. The van der Waals surface area contributed by atoms with E-state index >= 15 is 0 Å². The average molecular weight is 448 g/mol. The van der Waals surface area contributed by atoms with E-state index in [0.29, 0.717) is 13.0 Å². The Hall–Kier alpha value is -1.99. The van der Waals surface area contributed by atoms with Crippen LogP contribution in [0.3, 0.4) is 0 Å². The fourth-order valence-corrected chi connectivity index (χ4v) is 5.83. The number of benzene rings is 2. The second kappa shape index (κ2) is 9.02. The number of nitrogens with zero attached hydrogens (tertiary/aromatic N) is 1. The molecule has 0 saturated carbocycles. The van der Waals surface area contributed by atoms with E-state index in [1.165, 1.54) is 16.4 Å². The van der Waals surface area contributed by atoms with Gasteiger partial charge >= 0.3 is 0 Å². The maximum absolute atomic E-state index is 14.6. The summed E-state index contributed by atoms with van der Waals surface area (Å²) in [5, 5.41) is 0.176. The predicted molar refractivity (Wildman–Crippen MR) is 115 cm³/mol. The molecule has 30 heavy (non-hydrogen) atoms. The van der Waals surface area contributed by atoms with Gasteiger partial charge in [-0.05, 0) is 54.2 Å². The third-order valence-corrected chi connectivity index (χ3v) is 7.60. The van der Waals surface area contributed by atoms with E-state index in [0.717, 1.165) is 35.6 Å². The van der Waals surface area contributed by atoms with Crippen molar-refractivity contribution in [3.8, 4) is 0 Å². The minimum absolute atomic E-state index is 0.176. The molecule has 0 bridgehead atoms. The first kappa shape index (κ1) is 21.2. The number of allylic oxidation sites excluding steroid dienone is 2. The summed E-state index contributed by atoms with van der Waals surface area (Å²) in [6, 6.07) is 12.8. The van der Waals surface area contributed by atoms with E-state index in [1.807, 2.05) is 30.3 Å². The molecule has 0 N–H and O–H groups in total. The normalized spacial score (nSPS) is 20.5. The molecule has 0 radical (unpaired) electrons. The van der Waals surface area contributed by atoms with Crippen LogP contribution >= 0.6 is 11.6 Å². The van der Waals surface area contributed by atoms with Crippen molar-refractivity contribution in [2.75, 3.05) is 19.8 Å². The maximum atomic E-state index is 14.6. The van der Waals surface area contributed by atoms with Crippen molar-refractivity contribution in [2.24, 2.45) is 0 Å². The lowest BCUT2D eigenvalue weighted by atomic mass is 9.96. The summed E-state index contributed by atoms with van der Waals surface area (Å²) in [5.41, 5.74) is 2.92. The molecule has 4 nitrogen and oxygen atoms in total. The molecule has 2 aliphatic rings. The van der Waals surface area contributed by atoms with Crippen molar-refractivity contribution in [3.05, 3.63) is 88.2 Å². The molecular formula is C23H23ClFNO3S. The molecule has 1 saturated heterocycles. The molecule has 1 aliphatic heterocycles.